The van der Waals surface area contributed by atoms with Crippen molar-refractivity contribution in [2.45, 2.75) is 45.2 Å². The van der Waals surface area contributed by atoms with Crippen LogP contribution in [0.2, 0.25) is 0 Å². The van der Waals surface area contributed by atoms with E-state index < -0.39 is 0 Å². The van der Waals surface area contributed by atoms with Crippen LogP contribution >= 0.6 is 24.0 Å². The van der Waals surface area contributed by atoms with Crippen molar-refractivity contribution in [2.24, 2.45) is 4.99 Å². The van der Waals surface area contributed by atoms with Crippen LogP contribution in [0.3, 0.4) is 0 Å². The molecule has 0 bridgehead atoms. The second-order valence-corrected chi connectivity index (χ2v) is 7.13. The number of fused-ring (bicyclic) bond motifs is 1. The average Bonchev–Trinajstić information content (AvgIpc) is 3.00. The molecule has 9 nitrogen and oxygen atoms in total. The number of hydrogen-bond donors (Lipinski definition) is 2. The molecule has 0 spiro atoms. The van der Waals surface area contributed by atoms with Gasteiger partial charge in [-0.15, -0.1) is 34.2 Å². The molecule has 2 aromatic rings. The number of guanidine groups is 1. The highest BCUT2D eigenvalue weighted by Crippen LogP contribution is 2.38. The van der Waals surface area contributed by atoms with Gasteiger partial charge in [0.15, 0.2) is 17.5 Å². The highest BCUT2D eigenvalue weighted by molar-refractivity contribution is 14.0. The van der Waals surface area contributed by atoms with Gasteiger partial charge in [-0.05, 0) is 30.5 Å². The topological polar surface area (TPSA) is 94.8 Å². The summed E-state index contributed by atoms with van der Waals surface area (Å²) >= 11 is 0. The molecule has 1 aromatic carbocycles. The number of halogens is 1. The summed E-state index contributed by atoms with van der Waals surface area (Å²) in [5.41, 5.74) is 0.996. The molecule has 1 aliphatic heterocycles. The number of rotatable bonds is 8. The molecule has 172 valence electrons. The van der Waals surface area contributed by atoms with Crippen LogP contribution in [-0.2, 0) is 25.9 Å². The predicted molar refractivity (Wildman–Crippen MR) is 131 cm³/mol. The Morgan fingerprint density at radius 2 is 1.77 bits per heavy atom. The number of nitrogens with zero attached hydrogens (tertiary/aromatic N) is 4. The van der Waals surface area contributed by atoms with Crippen LogP contribution in [0.5, 0.6) is 17.2 Å². The Morgan fingerprint density at radius 3 is 2.42 bits per heavy atom. The molecule has 0 fully saturated rings. The number of aliphatic imine (C=N–C) groups is 1. The second-order valence-electron chi connectivity index (χ2n) is 7.13. The van der Waals surface area contributed by atoms with E-state index in [1.165, 1.54) is 19.3 Å². The van der Waals surface area contributed by atoms with Gasteiger partial charge in [0.2, 0.25) is 5.75 Å². The first-order valence-electron chi connectivity index (χ1n) is 10.3. The van der Waals surface area contributed by atoms with E-state index in [0.29, 0.717) is 23.8 Å². The third-order valence-corrected chi connectivity index (χ3v) is 5.24. The maximum Gasteiger partial charge on any atom is 0.203 e. The molecule has 31 heavy (non-hydrogen) atoms. The van der Waals surface area contributed by atoms with Crippen LogP contribution in [0.15, 0.2) is 17.1 Å². The normalized spacial score (nSPS) is 13.5. The van der Waals surface area contributed by atoms with Crippen molar-refractivity contribution in [3.63, 3.8) is 0 Å². The first-order chi connectivity index (χ1) is 14.7. The molecular weight excluding hydrogens is 511 g/mol. The maximum atomic E-state index is 5.42. The average molecular weight is 544 g/mol. The highest BCUT2D eigenvalue weighted by Gasteiger charge is 2.15. The lowest BCUT2D eigenvalue weighted by molar-refractivity contribution is 0.323. The van der Waals surface area contributed by atoms with Crippen LogP contribution in [0.4, 0.5) is 0 Å². The molecule has 0 atom stereocenters. The standard InChI is InChI=1S/C21H32N6O3.HI/c1-22-21(23-10-9-19-26-25-18-8-6-5-7-11-27(18)19)24-14-15-12-16(28-2)20(30-4)17(13-15)29-3;/h12-13H,5-11,14H2,1-4H3,(H2,22,23,24);1H. The zero-order valence-corrected chi connectivity index (χ0v) is 21.1. The Labute approximate surface area is 201 Å². The van der Waals surface area contributed by atoms with Crippen molar-refractivity contribution in [2.75, 3.05) is 34.9 Å². The van der Waals surface area contributed by atoms with E-state index in [0.717, 1.165) is 49.1 Å². The van der Waals surface area contributed by atoms with Gasteiger partial charge in [-0.2, -0.15) is 0 Å². The number of hydrogen-bond acceptors (Lipinski definition) is 6. The largest absolute Gasteiger partial charge is 0.493 e. The van der Waals surface area contributed by atoms with Crippen LogP contribution in [0, 0.1) is 0 Å². The number of aromatic nitrogens is 3. The van der Waals surface area contributed by atoms with Gasteiger partial charge in [0, 0.05) is 39.5 Å². The fraction of sp³-hybridized carbons (Fsp3) is 0.571. The van der Waals surface area contributed by atoms with Gasteiger partial charge < -0.3 is 29.4 Å². The smallest absolute Gasteiger partial charge is 0.203 e. The third kappa shape index (κ3) is 6.37. The van der Waals surface area contributed by atoms with Gasteiger partial charge in [0.1, 0.15) is 11.6 Å². The van der Waals surface area contributed by atoms with Crippen molar-refractivity contribution in [1.82, 2.24) is 25.4 Å². The second kappa shape index (κ2) is 12.6. The van der Waals surface area contributed by atoms with Crippen molar-refractivity contribution in [3.05, 3.63) is 29.3 Å². The van der Waals surface area contributed by atoms with Crippen molar-refractivity contribution in [3.8, 4) is 17.2 Å². The van der Waals surface area contributed by atoms with E-state index in [-0.39, 0.29) is 24.0 Å². The molecule has 2 N–H and O–H groups in total. The van der Waals surface area contributed by atoms with Crippen LogP contribution < -0.4 is 24.8 Å². The summed E-state index contributed by atoms with van der Waals surface area (Å²) < 4.78 is 18.5. The molecule has 1 aliphatic rings. The Balaban J connectivity index is 0.00000341. The monoisotopic (exact) mass is 544 g/mol. The molecule has 1 aromatic heterocycles. The van der Waals surface area contributed by atoms with Gasteiger partial charge in [-0.1, -0.05) is 6.42 Å². The first-order valence-corrected chi connectivity index (χ1v) is 10.3. The van der Waals surface area contributed by atoms with E-state index >= 15 is 0 Å². The third-order valence-electron chi connectivity index (χ3n) is 5.24. The zero-order chi connectivity index (χ0) is 21.3. The lowest BCUT2D eigenvalue weighted by Crippen LogP contribution is -2.38. The molecule has 0 unspecified atom stereocenters. The number of benzene rings is 1. The summed E-state index contributed by atoms with van der Waals surface area (Å²) in [7, 11) is 6.58. The van der Waals surface area contributed by atoms with E-state index in [2.05, 4.69) is 30.4 Å². The minimum Gasteiger partial charge on any atom is -0.493 e. The summed E-state index contributed by atoms with van der Waals surface area (Å²) in [5.74, 6) is 4.72. The van der Waals surface area contributed by atoms with Crippen molar-refractivity contribution in [1.29, 1.82) is 0 Å². The summed E-state index contributed by atoms with van der Waals surface area (Å²) in [6.07, 6.45) is 5.49. The number of aryl methyl sites for hydroxylation is 1. The van der Waals surface area contributed by atoms with Gasteiger partial charge >= 0.3 is 0 Å². The maximum absolute atomic E-state index is 5.42. The summed E-state index contributed by atoms with van der Waals surface area (Å²) in [6, 6.07) is 3.85. The minimum atomic E-state index is 0. The molecule has 10 heteroatoms. The lowest BCUT2D eigenvalue weighted by atomic mass is 10.2. The predicted octanol–water partition coefficient (Wildman–Crippen LogP) is 2.56. The van der Waals surface area contributed by atoms with E-state index in [9.17, 15) is 0 Å². The van der Waals surface area contributed by atoms with Gasteiger partial charge in [-0.3, -0.25) is 4.99 Å². The quantitative estimate of drug-likeness (QED) is 0.300. The summed E-state index contributed by atoms with van der Waals surface area (Å²) in [5, 5.41) is 15.4. The number of methoxy groups -OCH3 is 3. The lowest BCUT2D eigenvalue weighted by Gasteiger charge is -2.16. The van der Waals surface area contributed by atoms with E-state index in [1.54, 1.807) is 28.4 Å². The van der Waals surface area contributed by atoms with Gasteiger partial charge in [-0.25, -0.2) is 0 Å². The fourth-order valence-electron chi connectivity index (χ4n) is 3.67. The minimum absolute atomic E-state index is 0. The number of ether oxygens (including phenoxy) is 3. The fourth-order valence-corrected chi connectivity index (χ4v) is 3.67. The molecule has 0 amide bonds. The summed E-state index contributed by atoms with van der Waals surface area (Å²) in [4.78, 5) is 4.31. The molecule has 0 radical (unpaired) electrons. The van der Waals surface area contributed by atoms with Gasteiger partial charge in [0.25, 0.3) is 0 Å². The molecule has 0 aliphatic carbocycles. The Hall–Kier alpha value is -2.24. The Bertz CT molecular complexity index is 846. The van der Waals surface area contributed by atoms with Crippen LogP contribution in [0.1, 0.15) is 36.5 Å². The summed E-state index contributed by atoms with van der Waals surface area (Å²) in [6.45, 7) is 2.32. The first kappa shape index (κ1) is 25.0. The Morgan fingerprint density at radius 1 is 1.03 bits per heavy atom. The molecule has 3 rings (SSSR count). The van der Waals surface area contributed by atoms with Crippen molar-refractivity contribution < 1.29 is 14.2 Å². The zero-order valence-electron chi connectivity index (χ0n) is 18.7. The van der Waals surface area contributed by atoms with Crippen molar-refractivity contribution >= 4 is 29.9 Å². The van der Waals surface area contributed by atoms with Gasteiger partial charge in [0.05, 0.1) is 21.3 Å². The molecule has 0 saturated heterocycles. The van der Waals surface area contributed by atoms with E-state index in [4.69, 9.17) is 14.2 Å². The van der Waals surface area contributed by atoms with E-state index in [1.807, 2.05) is 12.1 Å². The van der Waals surface area contributed by atoms with Crippen LogP contribution in [0.25, 0.3) is 0 Å². The molecule has 0 saturated carbocycles. The molecular formula is C21H33IN6O3. The number of nitrogens with one attached hydrogen (secondary N) is 2. The van der Waals surface area contributed by atoms with Crippen LogP contribution in [-0.4, -0.2) is 55.6 Å². The molecule has 2 heterocycles. The SMILES string of the molecule is CN=C(NCCc1nnc2n1CCCCC2)NCc1cc(OC)c(OC)c(OC)c1.I. The Kier molecular flexibility index (Phi) is 10.2. The highest BCUT2D eigenvalue weighted by atomic mass is 127.